The van der Waals surface area contributed by atoms with Gasteiger partial charge in [-0.3, -0.25) is 5.41 Å². The van der Waals surface area contributed by atoms with Crippen LogP contribution < -0.4 is 5.73 Å². The van der Waals surface area contributed by atoms with Crippen LogP contribution in [0.1, 0.15) is 26.7 Å². The molecule has 0 aromatic rings. The van der Waals surface area contributed by atoms with Gasteiger partial charge in [0.2, 0.25) is 0 Å². The van der Waals surface area contributed by atoms with Gasteiger partial charge in [-0.25, -0.2) is 8.42 Å². The minimum atomic E-state index is -2.90. The van der Waals surface area contributed by atoms with Gasteiger partial charge in [0.25, 0.3) is 0 Å². The third-order valence-electron chi connectivity index (χ3n) is 2.38. The number of sulfone groups is 1. The highest BCUT2D eigenvalue weighted by molar-refractivity contribution is 7.91. The Labute approximate surface area is 98.4 Å². The molecule has 5 nitrogen and oxygen atoms in total. The first-order valence-corrected chi connectivity index (χ1v) is 7.49. The van der Waals surface area contributed by atoms with E-state index in [1.165, 1.54) is 0 Å². The van der Waals surface area contributed by atoms with E-state index < -0.39 is 9.84 Å². The number of rotatable bonds is 9. The van der Waals surface area contributed by atoms with Gasteiger partial charge >= 0.3 is 0 Å². The van der Waals surface area contributed by atoms with Crippen LogP contribution in [0.4, 0.5) is 0 Å². The van der Waals surface area contributed by atoms with Crippen LogP contribution in [0.15, 0.2) is 0 Å². The number of hydrogen-bond acceptors (Lipinski definition) is 4. The van der Waals surface area contributed by atoms with Crippen LogP contribution >= 0.6 is 0 Å². The molecule has 0 rings (SSSR count). The highest BCUT2D eigenvalue weighted by atomic mass is 32.2. The Bertz CT molecular complexity index is 301. The summed E-state index contributed by atoms with van der Waals surface area (Å²) in [6.45, 7) is 5.83. The predicted molar refractivity (Wildman–Crippen MR) is 67.6 cm³/mol. The monoisotopic (exact) mass is 249 g/mol. The summed E-state index contributed by atoms with van der Waals surface area (Å²) in [6, 6.07) is 0. The van der Waals surface area contributed by atoms with Gasteiger partial charge in [0.05, 0.1) is 11.6 Å². The van der Waals surface area contributed by atoms with Gasteiger partial charge in [0.15, 0.2) is 9.84 Å². The third kappa shape index (κ3) is 7.64. The van der Waals surface area contributed by atoms with Crippen molar-refractivity contribution in [3.05, 3.63) is 0 Å². The van der Waals surface area contributed by atoms with Crippen LogP contribution in [0.5, 0.6) is 0 Å². The molecule has 0 aliphatic rings. The first-order chi connectivity index (χ1) is 7.41. The topological polar surface area (TPSA) is 87.2 Å². The van der Waals surface area contributed by atoms with E-state index in [1.54, 1.807) is 0 Å². The van der Waals surface area contributed by atoms with Crippen molar-refractivity contribution in [2.45, 2.75) is 26.7 Å². The molecule has 6 heteroatoms. The molecular weight excluding hydrogens is 226 g/mol. The zero-order valence-electron chi connectivity index (χ0n) is 10.2. The van der Waals surface area contributed by atoms with Crippen LogP contribution in [0.3, 0.4) is 0 Å². The van der Waals surface area contributed by atoms with Crippen molar-refractivity contribution in [2.24, 2.45) is 5.73 Å². The van der Waals surface area contributed by atoms with E-state index >= 15 is 0 Å². The minimum Gasteiger partial charge on any atom is -0.388 e. The molecule has 0 aromatic carbocycles. The van der Waals surface area contributed by atoms with Crippen molar-refractivity contribution >= 4 is 15.7 Å². The largest absolute Gasteiger partial charge is 0.388 e. The van der Waals surface area contributed by atoms with Gasteiger partial charge in [-0.1, -0.05) is 13.8 Å². The zero-order valence-corrected chi connectivity index (χ0v) is 11.0. The van der Waals surface area contributed by atoms with Crippen LogP contribution in [-0.2, 0) is 9.84 Å². The Morgan fingerprint density at radius 1 is 1.25 bits per heavy atom. The molecule has 0 fully saturated rings. The molecule has 16 heavy (non-hydrogen) atoms. The molecule has 0 aliphatic heterocycles. The lowest BCUT2D eigenvalue weighted by Gasteiger charge is -2.19. The van der Waals surface area contributed by atoms with Gasteiger partial charge in [-0.15, -0.1) is 0 Å². The van der Waals surface area contributed by atoms with Crippen molar-refractivity contribution in [1.29, 1.82) is 5.41 Å². The number of amidine groups is 1. The zero-order chi connectivity index (χ0) is 12.6. The molecule has 0 aliphatic carbocycles. The minimum absolute atomic E-state index is 0.148. The van der Waals surface area contributed by atoms with E-state index in [1.807, 2.05) is 18.7 Å². The Kier molecular flexibility index (Phi) is 7.33. The molecule has 0 heterocycles. The Morgan fingerprint density at radius 3 is 2.31 bits per heavy atom. The molecule has 0 amide bonds. The molecule has 0 atom stereocenters. The second-order valence-electron chi connectivity index (χ2n) is 3.86. The summed E-state index contributed by atoms with van der Waals surface area (Å²) in [5.74, 6) is 0.610. The third-order valence-corrected chi connectivity index (χ3v) is 4.21. The van der Waals surface area contributed by atoms with E-state index in [-0.39, 0.29) is 17.3 Å². The van der Waals surface area contributed by atoms with E-state index in [4.69, 9.17) is 11.1 Å². The van der Waals surface area contributed by atoms with Crippen molar-refractivity contribution in [1.82, 2.24) is 4.90 Å². The smallest absolute Gasteiger partial charge is 0.151 e. The lowest BCUT2D eigenvalue weighted by atomic mass is 10.3. The molecule has 3 N–H and O–H groups in total. The normalized spacial score (nSPS) is 11.9. The molecular formula is C10H23N3O2S. The van der Waals surface area contributed by atoms with Gasteiger partial charge in [-0.2, -0.15) is 0 Å². The molecule has 0 spiro atoms. The maximum Gasteiger partial charge on any atom is 0.151 e. The average molecular weight is 249 g/mol. The molecule has 0 unspecified atom stereocenters. The Morgan fingerprint density at radius 2 is 1.88 bits per heavy atom. The lowest BCUT2D eigenvalue weighted by Crippen LogP contribution is -2.32. The molecule has 0 saturated heterocycles. The van der Waals surface area contributed by atoms with Gasteiger partial charge < -0.3 is 10.6 Å². The molecule has 0 bridgehead atoms. The van der Waals surface area contributed by atoms with Crippen molar-refractivity contribution in [3.8, 4) is 0 Å². The maximum absolute atomic E-state index is 11.5. The van der Waals surface area contributed by atoms with E-state index in [0.29, 0.717) is 25.9 Å². The summed E-state index contributed by atoms with van der Waals surface area (Å²) in [4.78, 5) is 2.01. The molecule has 0 aromatic heterocycles. The quantitative estimate of drug-likeness (QED) is 0.459. The summed E-state index contributed by atoms with van der Waals surface area (Å²) in [5, 5.41) is 7.12. The van der Waals surface area contributed by atoms with E-state index in [2.05, 4.69) is 0 Å². The number of nitrogens with one attached hydrogen (secondary N) is 1. The fraction of sp³-hybridized carbons (Fsp3) is 0.900. The highest BCUT2D eigenvalue weighted by Gasteiger charge is 2.12. The van der Waals surface area contributed by atoms with Crippen LogP contribution in [-0.4, -0.2) is 50.3 Å². The SMILES string of the molecule is CCCS(=O)(=O)CCN(CC)CCC(=N)N. The summed E-state index contributed by atoms with van der Waals surface area (Å²) >= 11 is 0. The molecule has 0 radical (unpaired) electrons. The Balaban J connectivity index is 3.99. The number of nitrogens with two attached hydrogens (primary N) is 1. The van der Waals surface area contributed by atoms with E-state index in [0.717, 1.165) is 6.54 Å². The second-order valence-corrected chi connectivity index (χ2v) is 6.16. The van der Waals surface area contributed by atoms with Crippen molar-refractivity contribution in [3.63, 3.8) is 0 Å². The fourth-order valence-electron chi connectivity index (χ4n) is 1.39. The second kappa shape index (κ2) is 7.62. The summed E-state index contributed by atoms with van der Waals surface area (Å²) in [6.07, 6.45) is 1.17. The van der Waals surface area contributed by atoms with Crippen molar-refractivity contribution in [2.75, 3.05) is 31.1 Å². The average Bonchev–Trinajstić information content (AvgIpc) is 2.17. The predicted octanol–water partition coefficient (Wildman–Crippen LogP) is 0.459. The molecule has 96 valence electrons. The highest BCUT2D eigenvalue weighted by Crippen LogP contribution is 1.97. The number of nitrogens with zero attached hydrogens (tertiary/aromatic N) is 1. The van der Waals surface area contributed by atoms with Crippen LogP contribution in [0, 0.1) is 5.41 Å². The van der Waals surface area contributed by atoms with Gasteiger partial charge in [0.1, 0.15) is 0 Å². The van der Waals surface area contributed by atoms with E-state index in [9.17, 15) is 8.42 Å². The summed E-state index contributed by atoms with van der Waals surface area (Å²) in [7, 11) is -2.90. The summed E-state index contributed by atoms with van der Waals surface area (Å²) < 4.78 is 23.0. The fourth-order valence-corrected chi connectivity index (χ4v) is 2.75. The maximum atomic E-state index is 11.5. The van der Waals surface area contributed by atoms with Crippen LogP contribution in [0.25, 0.3) is 0 Å². The van der Waals surface area contributed by atoms with Gasteiger partial charge in [0, 0.05) is 25.3 Å². The first-order valence-electron chi connectivity index (χ1n) is 5.67. The number of hydrogen-bond donors (Lipinski definition) is 2. The summed E-state index contributed by atoms with van der Waals surface area (Å²) in [5.41, 5.74) is 5.26. The lowest BCUT2D eigenvalue weighted by molar-refractivity contribution is 0.313. The van der Waals surface area contributed by atoms with Crippen LogP contribution in [0.2, 0.25) is 0 Å². The molecule has 0 saturated carbocycles. The first kappa shape index (κ1) is 15.4. The Hall–Kier alpha value is -0.620. The van der Waals surface area contributed by atoms with Gasteiger partial charge in [-0.05, 0) is 13.0 Å². The van der Waals surface area contributed by atoms with Crippen molar-refractivity contribution < 1.29 is 8.42 Å². The standard InChI is InChI=1S/C10H23N3O2S/c1-3-8-16(14,15)9-7-13(4-2)6-5-10(11)12/h3-9H2,1-2H3,(H3,11,12).